The van der Waals surface area contributed by atoms with E-state index in [-0.39, 0.29) is 12.2 Å². The zero-order valence-electron chi connectivity index (χ0n) is 9.93. The zero-order valence-corrected chi connectivity index (χ0v) is 9.93. The lowest BCUT2D eigenvalue weighted by Crippen LogP contribution is -2.24. The number of hydrogen-bond acceptors (Lipinski definition) is 4. The summed E-state index contributed by atoms with van der Waals surface area (Å²) in [5.74, 6) is -0.937. The fourth-order valence-electron chi connectivity index (χ4n) is 1.50. The Hall–Kier alpha value is -1.59. The molecule has 1 atom stereocenters. The number of aliphatic hydroxyl groups is 1. The van der Waals surface area contributed by atoms with Gasteiger partial charge >= 0.3 is 5.97 Å². The quantitative estimate of drug-likeness (QED) is 0.693. The lowest BCUT2D eigenvalue weighted by Gasteiger charge is -2.12. The molecule has 94 valence electrons. The van der Waals surface area contributed by atoms with E-state index < -0.39 is 12.1 Å². The van der Waals surface area contributed by atoms with Crippen LogP contribution in [0.5, 0.6) is 0 Å². The molecule has 0 aliphatic carbocycles. The van der Waals surface area contributed by atoms with Crippen LogP contribution >= 0.6 is 0 Å². The Morgan fingerprint density at radius 3 is 2.76 bits per heavy atom. The summed E-state index contributed by atoms with van der Waals surface area (Å²) in [6, 6.07) is 4.96. The molecular formula is C12H17NO4. The molecule has 0 saturated heterocycles. The Kier molecular flexibility index (Phi) is 4.93. The summed E-state index contributed by atoms with van der Waals surface area (Å²) in [7, 11) is 1.52. The second-order valence-corrected chi connectivity index (χ2v) is 3.82. The Morgan fingerprint density at radius 1 is 1.53 bits per heavy atom. The summed E-state index contributed by atoms with van der Waals surface area (Å²) in [6.07, 6.45) is -0.584. The van der Waals surface area contributed by atoms with Gasteiger partial charge in [-0.2, -0.15) is 0 Å². The van der Waals surface area contributed by atoms with Crippen molar-refractivity contribution >= 4 is 11.7 Å². The van der Waals surface area contributed by atoms with Crippen molar-refractivity contribution < 1.29 is 19.7 Å². The van der Waals surface area contributed by atoms with Crippen LogP contribution < -0.4 is 5.32 Å². The maximum Gasteiger partial charge on any atom is 0.335 e. The molecule has 1 aromatic carbocycles. The minimum Gasteiger partial charge on any atom is -0.478 e. The van der Waals surface area contributed by atoms with Gasteiger partial charge in [-0.25, -0.2) is 4.79 Å². The number of anilines is 1. The van der Waals surface area contributed by atoms with Gasteiger partial charge in [-0.05, 0) is 30.7 Å². The van der Waals surface area contributed by atoms with Crippen LogP contribution in [-0.4, -0.2) is 42.5 Å². The minimum atomic E-state index is -0.937. The van der Waals surface area contributed by atoms with Crippen molar-refractivity contribution in [3.63, 3.8) is 0 Å². The number of carboxylic acids is 1. The van der Waals surface area contributed by atoms with Crippen LogP contribution in [0.1, 0.15) is 15.9 Å². The number of rotatable bonds is 6. The van der Waals surface area contributed by atoms with Crippen molar-refractivity contribution in [1.29, 1.82) is 0 Å². The van der Waals surface area contributed by atoms with E-state index >= 15 is 0 Å². The third-order valence-electron chi connectivity index (χ3n) is 2.36. The summed E-state index contributed by atoms with van der Waals surface area (Å²) in [4.78, 5) is 10.8. The van der Waals surface area contributed by atoms with Gasteiger partial charge in [0.1, 0.15) is 0 Å². The number of benzene rings is 1. The highest BCUT2D eigenvalue weighted by Crippen LogP contribution is 2.15. The Morgan fingerprint density at radius 2 is 2.24 bits per heavy atom. The van der Waals surface area contributed by atoms with E-state index in [1.165, 1.54) is 7.11 Å². The molecule has 0 aliphatic rings. The van der Waals surface area contributed by atoms with Crippen molar-refractivity contribution in [1.82, 2.24) is 0 Å². The van der Waals surface area contributed by atoms with Crippen molar-refractivity contribution in [3.05, 3.63) is 29.3 Å². The Bertz CT molecular complexity index is 392. The van der Waals surface area contributed by atoms with Crippen LogP contribution in [0.15, 0.2) is 18.2 Å². The van der Waals surface area contributed by atoms with Gasteiger partial charge < -0.3 is 20.3 Å². The molecule has 5 heteroatoms. The van der Waals surface area contributed by atoms with Crippen LogP contribution in [0, 0.1) is 6.92 Å². The van der Waals surface area contributed by atoms with Gasteiger partial charge in [0.05, 0.1) is 18.3 Å². The largest absolute Gasteiger partial charge is 0.478 e. The number of aromatic carboxylic acids is 1. The molecule has 0 aliphatic heterocycles. The number of hydrogen-bond donors (Lipinski definition) is 3. The number of carboxylic acid groups (broad SMARTS) is 1. The van der Waals surface area contributed by atoms with Gasteiger partial charge in [-0.1, -0.05) is 0 Å². The molecular weight excluding hydrogens is 222 g/mol. The van der Waals surface area contributed by atoms with Gasteiger partial charge in [-0.15, -0.1) is 0 Å². The van der Waals surface area contributed by atoms with Gasteiger partial charge in [0.15, 0.2) is 0 Å². The molecule has 0 aromatic heterocycles. The highest BCUT2D eigenvalue weighted by Gasteiger charge is 2.08. The molecule has 17 heavy (non-hydrogen) atoms. The minimum absolute atomic E-state index is 0.263. The first-order valence-electron chi connectivity index (χ1n) is 5.29. The SMILES string of the molecule is COCC(O)CNc1ccc(C(=O)O)c(C)c1. The molecule has 0 amide bonds. The summed E-state index contributed by atoms with van der Waals surface area (Å²) < 4.78 is 4.80. The van der Waals surface area contributed by atoms with Gasteiger partial charge in [-0.3, -0.25) is 0 Å². The molecule has 0 radical (unpaired) electrons. The van der Waals surface area contributed by atoms with E-state index in [2.05, 4.69) is 5.32 Å². The highest BCUT2D eigenvalue weighted by atomic mass is 16.5. The van der Waals surface area contributed by atoms with Gasteiger partial charge in [0.25, 0.3) is 0 Å². The third kappa shape index (κ3) is 4.05. The average Bonchev–Trinajstić information content (AvgIpc) is 2.26. The molecule has 0 spiro atoms. The van der Waals surface area contributed by atoms with Crippen LogP contribution in [-0.2, 0) is 4.74 Å². The van der Waals surface area contributed by atoms with Crippen molar-refractivity contribution in [3.8, 4) is 0 Å². The molecule has 1 unspecified atom stereocenters. The monoisotopic (exact) mass is 239 g/mol. The molecule has 3 N–H and O–H groups in total. The number of methoxy groups -OCH3 is 1. The molecule has 5 nitrogen and oxygen atoms in total. The second kappa shape index (κ2) is 6.22. The summed E-state index contributed by atoms with van der Waals surface area (Å²) in [6.45, 7) is 2.36. The first-order valence-corrected chi connectivity index (χ1v) is 5.29. The Labute approximate surface area is 100 Å². The topological polar surface area (TPSA) is 78.8 Å². The molecule has 0 bridgehead atoms. The Balaban J connectivity index is 2.62. The molecule has 1 rings (SSSR count). The molecule has 0 saturated carbocycles. The fourth-order valence-corrected chi connectivity index (χ4v) is 1.50. The van der Waals surface area contributed by atoms with E-state index in [0.29, 0.717) is 12.1 Å². The third-order valence-corrected chi connectivity index (χ3v) is 2.36. The maximum absolute atomic E-state index is 10.8. The molecule has 0 heterocycles. The number of carbonyl (C=O) groups is 1. The smallest absolute Gasteiger partial charge is 0.335 e. The van der Waals surface area contributed by atoms with Crippen molar-refractivity contribution in [2.45, 2.75) is 13.0 Å². The van der Waals surface area contributed by atoms with Crippen molar-refractivity contribution in [2.24, 2.45) is 0 Å². The lowest BCUT2D eigenvalue weighted by atomic mass is 10.1. The zero-order chi connectivity index (χ0) is 12.8. The lowest BCUT2D eigenvalue weighted by molar-refractivity contribution is 0.0695. The van der Waals surface area contributed by atoms with E-state index in [1.807, 2.05) is 0 Å². The van der Waals surface area contributed by atoms with E-state index in [0.717, 1.165) is 5.69 Å². The number of aliphatic hydroxyl groups excluding tert-OH is 1. The number of nitrogens with one attached hydrogen (secondary N) is 1. The van der Waals surface area contributed by atoms with E-state index in [1.54, 1.807) is 25.1 Å². The second-order valence-electron chi connectivity index (χ2n) is 3.82. The highest BCUT2D eigenvalue weighted by molar-refractivity contribution is 5.89. The summed E-state index contributed by atoms with van der Waals surface area (Å²) in [5.41, 5.74) is 1.75. The summed E-state index contributed by atoms with van der Waals surface area (Å²) >= 11 is 0. The predicted octanol–water partition coefficient (Wildman–Crippen LogP) is 1.11. The maximum atomic E-state index is 10.8. The predicted molar refractivity (Wildman–Crippen MR) is 64.5 cm³/mol. The van der Waals surface area contributed by atoms with Gasteiger partial charge in [0, 0.05) is 19.3 Å². The normalized spacial score (nSPS) is 12.2. The molecule has 0 fully saturated rings. The van der Waals surface area contributed by atoms with Crippen LogP contribution in [0.2, 0.25) is 0 Å². The first kappa shape index (κ1) is 13.5. The van der Waals surface area contributed by atoms with Crippen LogP contribution in [0.3, 0.4) is 0 Å². The van der Waals surface area contributed by atoms with Crippen LogP contribution in [0.4, 0.5) is 5.69 Å². The number of aryl methyl sites for hydroxylation is 1. The van der Waals surface area contributed by atoms with Crippen molar-refractivity contribution in [2.75, 3.05) is 25.6 Å². The fraction of sp³-hybridized carbons (Fsp3) is 0.417. The first-order chi connectivity index (χ1) is 8.04. The van der Waals surface area contributed by atoms with E-state index in [9.17, 15) is 9.90 Å². The summed E-state index contributed by atoms with van der Waals surface area (Å²) in [5, 5.41) is 21.3. The number of ether oxygens (including phenoxy) is 1. The molecule has 1 aromatic rings. The van der Waals surface area contributed by atoms with Crippen LogP contribution in [0.25, 0.3) is 0 Å². The average molecular weight is 239 g/mol. The van der Waals surface area contributed by atoms with Gasteiger partial charge in [0.2, 0.25) is 0 Å². The van der Waals surface area contributed by atoms with E-state index in [4.69, 9.17) is 9.84 Å². The standard InChI is InChI=1S/C12H17NO4/c1-8-5-9(3-4-11(8)12(15)16)13-6-10(14)7-17-2/h3-5,10,13-14H,6-7H2,1-2H3,(H,15,16).